The first kappa shape index (κ1) is 22.2. The molecule has 0 radical (unpaired) electrons. The molecule has 3 aromatic carbocycles. The average Bonchev–Trinajstić information content (AvgIpc) is 3.13. The van der Waals surface area contributed by atoms with Crippen molar-refractivity contribution in [2.75, 3.05) is 5.32 Å². The minimum absolute atomic E-state index is 0.289. The monoisotopic (exact) mass is 485 g/mol. The summed E-state index contributed by atoms with van der Waals surface area (Å²) in [7, 11) is 0. The minimum atomic E-state index is -0.308. The number of amides is 1. The molecule has 0 saturated carbocycles. The zero-order chi connectivity index (χ0) is 22.5. The lowest BCUT2D eigenvalue weighted by molar-refractivity contribution is 0.102. The molecule has 32 heavy (non-hydrogen) atoms. The zero-order valence-corrected chi connectivity index (χ0v) is 19.0. The van der Waals surface area contributed by atoms with Crippen molar-refractivity contribution >= 4 is 46.5 Å². The van der Waals surface area contributed by atoms with E-state index in [1.165, 1.54) is 0 Å². The Balaban J connectivity index is 1.37. The van der Waals surface area contributed by atoms with Crippen LogP contribution in [0.2, 0.25) is 15.1 Å². The molecular formula is C24H18Cl3N3O2. The van der Waals surface area contributed by atoms with Crippen LogP contribution in [0.5, 0.6) is 5.75 Å². The highest BCUT2D eigenvalue weighted by molar-refractivity contribution is 6.33. The molecule has 0 saturated heterocycles. The lowest BCUT2D eigenvalue weighted by Crippen LogP contribution is -2.13. The van der Waals surface area contributed by atoms with Crippen molar-refractivity contribution in [3.8, 4) is 5.75 Å². The Kier molecular flexibility index (Phi) is 7.00. The van der Waals surface area contributed by atoms with E-state index in [2.05, 4.69) is 10.4 Å². The fourth-order valence-electron chi connectivity index (χ4n) is 3.02. The molecule has 0 aliphatic rings. The van der Waals surface area contributed by atoms with Crippen LogP contribution in [0, 0.1) is 0 Å². The van der Waals surface area contributed by atoms with Crippen LogP contribution in [0.25, 0.3) is 0 Å². The number of hydrogen-bond acceptors (Lipinski definition) is 3. The summed E-state index contributed by atoms with van der Waals surface area (Å²) in [6.45, 7) is 0.803. The number of halogens is 3. The van der Waals surface area contributed by atoms with Gasteiger partial charge >= 0.3 is 0 Å². The molecule has 5 nitrogen and oxygen atoms in total. The minimum Gasteiger partial charge on any atom is -0.489 e. The normalized spacial score (nSPS) is 10.7. The second kappa shape index (κ2) is 10.1. The van der Waals surface area contributed by atoms with E-state index in [-0.39, 0.29) is 11.7 Å². The third kappa shape index (κ3) is 5.62. The summed E-state index contributed by atoms with van der Waals surface area (Å²) in [5, 5.41) is 8.71. The maximum atomic E-state index is 12.6. The van der Waals surface area contributed by atoms with Gasteiger partial charge < -0.3 is 10.1 Å². The summed E-state index contributed by atoms with van der Waals surface area (Å²) in [5.74, 6) is 0.663. The van der Waals surface area contributed by atoms with Crippen LogP contribution in [0.1, 0.15) is 21.5 Å². The molecular weight excluding hydrogens is 469 g/mol. The highest BCUT2D eigenvalue weighted by atomic mass is 35.5. The van der Waals surface area contributed by atoms with E-state index in [1.807, 2.05) is 48.5 Å². The van der Waals surface area contributed by atoms with Crippen molar-refractivity contribution in [1.29, 1.82) is 0 Å². The molecule has 4 aromatic rings. The number of rotatable bonds is 7. The molecule has 1 aromatic heterocycles. The first-order valence-corrected chi connectivity index (χ1v) is 10.9. The molecule has 1 N–H and O–H groups in total. The quantitative estimate of drug-likeness (QED) is 0.315. The van der Waals surface area contributed by atoms with Crippen LogP contribution in [0.3, 0.4) is 0 Å². The summed E-state index contributed by atoms with van der Waals surface area (Å²) in [4.78, 5) is 12.6. The van der Waals surface area contributed by atoms with Gasteiger partial charge in [0.15, 0.2) is 5.82 Å². The highest BCUT2D eigenvalue weighted by Crippen LogP contribution is 2.23. The van der Waals surface area contributed by atoms with E-state index in [1.54, 1.807) is 35.1 Å². The first-order valence-electron chi connectivity index (χ1n) is 9.73. The van der Waals surface area contributed by atoms with Crippen LogP contribution < -0.4 is 10.1 Å². The molecule has 1 heterocycles. The van der Waals surface area contributed by atoms with Crippen molar-refractivity contribution in [3.05, 3.63) is 111 Å². The van der Waals surface area contributed by atoms with E-state index in [0.717, 1.165) is 11.1 Å². The Bertz CT molecular complexity index is 1240. The number of aromatic nitrogens is 2. The lowest BCUT2D eigenvalue weighted by atomic mass is 10.1. The largest absolute Gasteiger partial charge is 0.489 e. The van der Waals surface area contributed by atoms with Crippen molar-refractivity contribution in [2.24, 2.45) is 0 Å². The van der Waals surface area contributed by atoms with Gasteiger partial charge in [0.05, 0.1) is 6.54 Å². The molecule has 1 amide bonds. The molecule has 8 heteroatoms. The van der Waals surface area contributed by atoms with Crippen LogP contribution in [0.15, 0.2) is 79.0 Å². The SMILES string of the molecule is O=C(Nc1nn(Cc2ccccc2Cl)cc1Cl)c1ccc(COc2cccc(Cl)c2)cc1. The summed E-state index contributed by atoms with van der Waals surface area (Å²) in [5.41, 5.74) is 2.30. The molecule has 0 spiro atoms. The van der Waals surface area contributed by atoms with Gasteiger partial charge in [0.2, 0.25) is 0 Å². The second-order valence-electron chi connectivity index (χ2n) is 7.01. The second-order valence-corrected chi connectivity index (χ2v) is 8.26. The standard InChI is InChI=1S/C24H18Cl3N3O2/c25-19-5-3-6-20(12-19)32-15-16-8-10-17(11-9-16)24(31)28-23-22(27)14-30(29-23)13-18-4-1-2-7-21(18)26/h1-12,14H,13,15H2,(H,28,29,31). The smallest absolute Gasteiger partial charge is 0.256 e. The van der Waals surface area contributed by atoms with Gasteiger partial charge in [-0.15, -0.1) is 0 Å². The Labute approximate surface area is 200 Å². The number of benzene rings is 3. The van der Waals surface area contributed by atoms with Gasteiger partial charge in [0, 0.05) is 21.8 Å². The Morgan fingerprint density at radius 1 is 0.938 bits per heavy atom. The van der Waals surface area contributed by atoms with Crippen molar-refractivity contribution < 1.29 is 9.53 Å². The molecule has 162 valence electrons. The molecule has 0 unspecified atom stereocenters. The van der Waals surface area contributed by atoms with E-state index in [0.29, 0.717) is 39.5 Å². The summed E-state index contributed by atoms with van der Waals surface area (Å²) < 4.78 is 7.35. The van der Waals surface area contributed by atoms with Crippen molar-refractivity contribution in [3.63, 3.8) is 0 Å². The third-order valence-corrected chi connectivity index (χ3v) is 5.54. The van der Waals surface area contributed by atoms with Gasteiger partial charge in [-0.2, -0.15) is 5.10 Å². The van der Waals surface area contributed by atoms with E-state index < -0.39 is 0 Å². The van der Waals surface area contributed by atoms with Gasteiger partial charge in [0.1, 0.15) is 17.4 Å². The summed E-state index contributed by atoms with van der Waals surface area (Å²) in [6, 6.07) is 21.8. The van der Waals surface area contributed by atoms with Crippen LogP contribution >= 0.6 is 34.8 Å². The molecule has 0 fully saturated rings. The predicted octanol–water partition coefficient (Wildman–Crippen LogP) is 6.72. The van der Waals surface area contributed by atoms with Crippen molar-refractivity contribution in [1.82, 2.24) is 9.78 Å². The number of hydrogen-bond donors (Lipinski definition) is 1. The lowest BCUT2D eigenvalue weighted by Gasteiger charge is -2.08. The molecule has 0 aliphatic heterocycles. The number of ether oxygens (including phenoxy) is 1. The fourth-order valence-corrected chi connectivity index (χ4v) is 3.59. The van der Waals surface area contributed by atoms with E-state index in [4.69, 9.17) is 39.5 Å². The van der Waals surface area contributed by atoms with Gasteiger partial charge in [0.25, 0.3) is 5.91 Å². The van der Waals surface area contributed by atoms with Gasteiger partial charge in [-0.25, -0.2) is 0 Å². The molecule has 0 aliphatic carbocycles. The van der Waals surface area contributed by atoms with Gasteiger partial charge in [-0.05, 0) is 47.5 Å². The van der Waals surface area contributed by atoms with E-state index in [9.17, 15) is 4.79 Å². The van der Waals surface area contributed by atoms with Gasteiger partial charge in [-0.3, -0.25) is 9.48 Å². The maximum Gasteiger partial charge on any atom is 0.256 e. The molecule has 0 bridgehead atoms. The molecule has 4 rings (SSSR count). The zero-order valence-electron chi connectivity index (χ0n) is 16.8. The third-order valence-electron chi connectivity index (χ3n) is 4.66. The number of nitrogens with one attached hydrogen (secondary N) is 1. The number of anilines is 1. The number of nitrogens with zero attached hydrogens (tertiary/aromatic N) is 2. The predicted molar refractivity (Wildman–Crippen MR) is 128 cm³/mol. The van der Waals surface area contributed by atoms with Gasteiger partial charge in [-0.1, -0.05) is 71.2 Å². The Hall–Kier alpha value is -2.99. The topological polar surface area (TPSA) is 56.2 Å². The summed E-state index contributed by atoms with van der Waals surface area (Å²) >= 11 is 18.4. The number of carbonyl (C=O) groups excluding carboxylic acids is 1. The van der Waals surface area contributed by atoms with Crippen LogP contribution in [0.4, 0.5) is 5.82 Å². The van der Waals surface area contributed by atoms with E-state index >= 15 is 0 Å². The van der Waals surface area contributed by atoms with Crippen molar-refractivity contribution in [2.45, 2.75) is 13.2 Å². The number of carbonyl (C=O) groups is 1. The summed E-state index contributed by atoms with van der Waals surface area (Å²) in [6.07, 6.45) is 1.65. The fraction of sp³-hybridized carbons (Fsp3) is 0.0833. The maximum absolute atomic E-state index is 12.6. The Morgan fingerprint density at radius 2 is 1.72 bits per heavy atom. The highest BCUT2D eigenvalue weighted by Gasteiger charge is 2.13. The van der Waals surface area contributed by atoms with Crippen LogP contribution in [-0.2, 0) is 13.2 Å². The Morgan fingerprint density at radius 3 is 2.47 bits per heavy atom. The van der Waals surface area contributed by atoms with Crippen LogP contribution in [-0.4, -0.2) is 15.7 Å². The average molecular weight is 487 g/mol. The molecule has 0 atom stereocenters. The first-order chi connectivity index (χ1) is 15.5.